The molecule has 7 heteroatoms. The van der Waals surface area contributed by atoms with Crippen molar-refractivity contribution in [3.8, 4) is 0 Å². The third kappa shape index (κ3) is 2.46. The Morgan fingerprint density at radius 1 is 0.963 bits per heavy atom. The molecule has 0 spiro atoms. The molecule has 0 radical (unpaired) electrons. The molecule has 134 valence electrons. The Bertz CT molecular complexity index is 1190. The average molecular weight is 425 g/mol. The number of halogens is 1. The van der Waals surface area contributed by atoms with Crippen LogP contribution in [0.4, 0.5) is 11.4 Å². The van der Waals surface area contributed by atoms with Gasteiger partial charge in [-0.2, -0.15) is 0 Å². The molecule has 3 aromatic rings. The minimum atomic E-state index is -0.567. The maximum Gasteiger partial charge on any atom is 0.284 e. The van der Waals surface area contributed by atoms with E-state index in [1.54, 1.807) is 30.3 Å². The third-order valence-electron chi connectivity index (χ3n) is 4.89. The quantitative estimate of drug-likeness (QED) is 0.331. The Balaban J connectivity index is 2.03. The van der Waals surface area contributed by atoms with E-state index in [0.717, 1.165) is 16.0 Å². The van der Waals surface area contributed by atoms with Gasteiger partial charge in [0.15, 0.2) is 0 Å². The largest absolute Gasteiger partial charge is 0.284 e. The lowest BCUT2D eigenvalue weighted by atomic mass is 9.93. The highest BCUT2D eigenvalue weighted by atomic mass is 79.9. The number of hydrogen-bond donors (Lipinski definition) is 0. The molecule has 0 saturated heterocycles. The molecule has 1 heterocycles. The molecule has 2 amide bonds. The summed E-state index contributed by atoms with van der Waals surface area (Å²) in [6.07, 6.45) is 0. The molecule has 0 fully saturated rings. The van der Waals surface area contributed by atoms with Gasteiger partial charge in [-0.15, -0.1) is 0 Å². The van der Waals surface area contributed by atoms with Gasteiger partial charge in [0.25, 0.3) is 17.5 Å². The van der Waals surface area contributed by atoms with E-state index in [4.69, 9.17) is 0 Å². The van der Waals surface area contributed by atoms with Gasteiger partial charge in [0.1, 0.15) is 4.47 Å². The number of hydrogen-bond acceptors (Lipinski definition) is 4. The standard InChI is InChI=1S/C20H13BrN2O4/c1-10-6-7-12(8-11(10)2)22-19(24)14-5-3-4-13-17(14)15(20(22)25)9-16(18(13)21)23(26)27/h3-9H,1-2H3. The number of nitro groups is 1. The number of anilines is 1. The topological polar surface area (TPSA) is 80.5 Å². The van der Waals surface area contributed by atoms with E-state index < -0.39 is 16.7 Å². The molecule has 6 nitrogen and oxygen atoms in total. The van der Waals surface area contributed by atoms with Crippen LogP contribution < -0.4 is 4.90 Å². The van der Waals surface area contributed by atoms with Crippen LogP contribution in [0.15, 0.2) is 46.9 Å². The average Bonchev–Trinajstić information content (AvgIpc) is 2.63. The molecule has 0 atom stereocenters. The highest BCUT2D eigenvalue weighted by Crippen LogP contribution is 2.40. The Labute approximate surface area is 162 Å². The smallest absolute Gasteiger partial charge is 0.268 e. The van der Waals surface area contributed by atoms with Crippen molar-refractivity contribution < 1.29 is 14.5 Å². The molecule has 0 N–H and O–H groups in total. The number of amides is 2. The lowest BCUT2D eigenvalue weighted by Gasteiger charge is -2.27. The van der Waals surface area contributed by atoms with Gasteiger partial charge in [-0.25, -0.2) is 4.90 Å². The van der Waals surface area contributed by atoms with E-state index in [-0.39, 0.29) is 15.7 Å². The van der Waals surface area contributed by atoms with Crippen molar-refractivity contribution in [1.82, 2.24) is 0 Å². The van der Waals surface area contributed by atoms with E-state index in [1.807, 2.05) is 19.9 Å². The van der Waals surface area contributed by atoms with Crippen LogP contribution in [0, 0.1) is 24.0 Å². The predicted octanol–water partition coefficient (Wildman–Crippen LogP) is 4.93. The Hall–Kier alpha value is -3.06. The first kappa shape index (κ1) is 17.4. The zero-order chi connectivity index (χ0) is 19.5. The van der Waals surface area contributed by atoms with Crippen LogP contribution in [0.25, 0.3) is 10.8 Å². The second-order valence-corrected chi connectivity index (χ2v) is 7.25. The van der Waals surface area contributed by atoms with Crippen LogP contribution in [0.5, 0.6) is 0 Å². The van der Waals surface area contributed by atoms with Crippen molar-refractivity contribution >= 4 is 49.9 Å². The van der Waals surface area contributed by atoms with E-state index in [9.17, 15) is 19.7 Å². The molecular weight excluding hydrogens is 412 g/mol. The molecular formula is C20H13BrN2O4. The van der Waals surface area contributed by atoms with Crippen molar-refractivity contribution in [3.63, 3.8) is 0 Å². The zero-order valence-electron chi connectivity index (χ0n) is 14.4. The van der Waals surface area contributed by atoms with Gasteiger partial charge in [-0.05, 0) is 59.1 Å². The summed E-state index contributed by atoms with van der Waals surface area (Å²) in [5.74, 6) is -1.01. The number of carbonyl (C=O) groups excluding carboxylic acids is 2. The van der Waals surface area contributed by atoms with Gasteiger partial charge in [0.2, 0.25) is 0 Å². The van der Waals surface area contributed by atoms with Crippen LogP contribution in [0.2, 0.25) is 0 Å². The number of nitrogens with zero attached hydrogens (tertiary/aromatic N) is 2. The minimum absolute atomic E-state index is 0.147. The fourth-order valence-electron chi connectivity index (χ4n) is 3.35. The summed E-state index contributed by atoms with van der Waals surface area (Å²) in [5.41, 5.74) is 2.71. The Morgan fingerprint density at radius 2 is 1.67 bits per heavy atom. The fraction of sp³-hybridized carbons (Fsp3) is 0.100. The number of benzene rings is 3. The second kappa shape index (κ2) is 5.99. The number of rotatable bonds is 2. The van der Waals surface area contributed by atoms with E-state index in [2.05, 4.69) is 15.9 Å². The van der Waals surface area contributed by atoms with Gasteiger partial charge >= 0.3 is 0 Å². The maximum atomic E-state index is 13.2. The summed E-state index contributed by atoms with van der Waals surface area (Å²) in [4.78, 5) is 38.2. The summed E-state index contributed by atoms with van der Waals surface area (Å²) in [5, 5.41) is 12.3. The monoisotopic (exact) mass is 424 g/mol. The van der Waals surface area contributed by atoms with Crippen LogP contribution in [0.3, 0.4) is 0 Å². The van der Waals surface area contributed by atoms with Gasteiger partial charge in [0.05, 0.1) is 16.2 Å². The van der Waals surface area contributed by atoms with Crippen LogP contribution in [-0.4, -0.2) is 16.7 Å². The third-order valence-corrected chi connectivity index (χ3v) is 5.72. The van der Waals surface area contributed by atoms with E-state index in [0.29, 0.717) is 22.0 Å². The van der Waals surface area contributed by atoms with E-state index >= 15 is 0 Å². The first-order valence-electron chi connectivity index (χ1n) is 8.17. The van der Waals surface area contributed by atoms with Gasteiger partial charge in [-0.3, -0.25) is 19.7 Å². The number of aryl methyl sites for hydroxylation is 2. The molecule has 3 aromatic carbocycles. The lowest BCUT2D eigenvalue weighted by molar-refractivity contribution is -0.385. The molecule has 1 aliphatic rings. The number of nitro benzene ring substituents is 1. The van der Waals surface area contributed by atoms with Crippen LogP contribution in [-0.2, 0) is 0 Å². The molecule has 0 unspecified atom stereocenters. The molecule has 0 saturated carbocycles. The summed E-state index contributed by atoms with van der Waals surface area (Å²) in [7, 11) is 0. The Kier molecular flexibility index (Phi) is 3.85. The zero-order valence-corrected chi connectivity index (χ0v) is 16.0. The SMILES string of the molecule is Cc1ccc(N2C(=O)c3cccc4c(Br)c([N+](=O)[O-])cc(c34)C2=O)cc1C. The molecule has 1 aliphatic heterocycles. The van der Waals surface area contributed by atoms with Crippen molar-refractivity contribution in [2.24, 2.45) is 0 Å². The van der Waals surface area contributed by atoms with Crippen molar-refractivity contribution in [1.29, 1.82) is 0 Å². The van der Waals surface area contributed by atoms with Crippen molar-refractivity contribution in [2.45, 2.75) is 13.8 Å². The first-order valence-corrected chi connectivity index (χ1v) is 8.96. The fourth-order valence-corrected chi connectivity index (χ4v) is 3.94. The summed E-state index contributed by atoms with van der Waals surface area (Å²) in [6.45, 7) is 3.84. The summed E-state index contributed by atoms with van der Waals surface area (Å²) in [6, 6.07) is 11.5. The predicted molar refractivity (Wildman–Crippen MR) is 105 cm³/mol. The van der Waals surface area contributed by atoms with Gasteiger partial charge < -0.3 is 0 Å². The van der Waals surface area contributed by atoms with E-state index in [1.165, 1.54) is 6.07 Å². The number of imide groups is 1. The van der Waals surface area contributed by atoms with Crippen LogP contribution in [0.1, 0.15) is 31.8 Å². The van der Waals surface area contributed by atoms with Gasteiger partial charge in [-0.1, -0.05) is 18.2 Å². The van der Waals surface area contributed by atoms with Crippen molar-refractivity contribution in [3.05, 3.63) is 79.3 Å². The first-order chi connectivity index (χ1) is 12.8. The maximum absolute atomic E-state index is 13.2. The minimum Gasteiger partial charge on any atom is -0.268 e. The molecule has 0 aromatic heterocycles. The number of carbonyl (C=O) groups is 2. The molecule has 0 bridgehead atoms. The summed E-state index contributed by atoms with van der Waals surface area (Å²) >= 11 is 3.24. The molecule has 4 rings (SSSR count). The van der Waals surface area contributed by atoms with Crippen LogP contribution >= 0.6 is 15.9 Å². The normalized spacial score (nSPS) is 13.4. The highest BCUT2D eigenvalue weighted by Gasteiger charge is 2.36. The molecule has 0 aliphatic carbocycles. The second-order valence-electron chi connectivity index (χ2n) is 6.46. The molecule has 27 heavy (non-hydrogen) atoms. The Morgan fingerprint density at radius 3 is 2.33 bits per heavy atom. The van der Waals surface area contributed by atoms with Crippen molar-refractivity contribution in [2.75, 3.05) is 4.90 Å². The van der Waals surface area contributed by atoms with Gasteiger partial charge in [0, 0.05) is 22.4 Å². The summed E-state index contributed by atoms with van der Waals surface area (Å²) < 4.78 is 0.258. The lowest BCUT2D eigenvalue weighted by Crippen LogP contribution is -2.40. The highest BCUT2D eigenvalue weighted by molar-refractivity contribution is 9.10.